The quantitative estimate of drug-likeness (QED) is 0.398. The van der Waals surface area contributed by atoms with Gasteiger partial charge in [0.15, 0.2) is 0 Å². The summed E-state index contributed by atoms with van der Waals surface area (Å²) in [7, 11) is 0. The van der Waals surface area contributed by atoms with E-state index in [4.69, 9.17) is 4.74 Å². The lowest BCUT2D eigenvalue weighted by molar-refractivity contribution is -0.189. The van der Waals surface area contributed by atoms with Gasteiger partial charge in [-0.1, -0.05) is 66.7 Å². The highest BCUT2D eigenvalue weighted by Crippen LogP contribution is 2.68. The fourth-order valence-electron chi connectivity index (χ4n) is 9.59. The molecule has 4 aliphatic carbocycles. The number of fused-ring (bicyclic) bond motifs is 5. The first-order valence-electron chi connectivity index (χ1n) is 13.8. The summed E-state index contributed by atoms with van der Waals surface area (Å²) in [5.74, 6) is 5.37. The summed E-state index contributed by atoms with van der Waals surface area (Å²) in [6.07, 6.45) is 16.6. The zero-order chi connectivity index (χ0) is 22.4. The van der Waals surface area contributed by atoms with E-state index in [1.807, 2.05) is 0 Å². The van der Waals surface area contributed by atoms with Crippen molar-refractivity contribution in [3.63, 3.8) is 0 Å². The van der Waals surface area contributed by atoms with Crippen molar-refractivity contribution in [2.24, 2.45) is 52.3 Å². The maximum atomic E-state index is 12.1. The van der Waals surface area contributed by atoms with Crippen molar-refractivity contribution in [2.45, 2.75) is 125 Å². The normalized spacial score (nSPS) is 45.5. The number of carbonyl (C=O) groups excluding carboxylic acids is 1. The van der Waals surface area contributed by atoms with Gasteiger partial charge in [-0.15, -0.1) is 0 Å². The van der Waals surface area contributed by atoms with Crippen molar-refractivity contribution < 1.29 is 9.53 Å². The molecule has 0 heterocycles. The van der Waals surface area contributed by atoms with Crippen molar-refractivity contribution in [1.29, 1.82) is 0 Å². The Balaban J connectivity index is 1.57. The van der Waals surface area contributed by atoms with Crippen LogP contribution in [-0.4, -0.2) is 12.1 Å². The zero-order valence-corrected chi connectivity index (χ0v) is 21.4. The average molecular weight is 431 g/mol. The lowest BCUT2D eigenvalue weighted by atomic mass is 9.44. The van der Waals surface area contributed by atoms with Crippen LogP contribution in [0.2, 0.25) is 0 Å². The number of esters is 1. The average Bonchev–Trinajstić information content (AvgIpc) is 3.04. The third-order valence-electron chi connectivity index (χ3n) is 11.1. The topological polar surface area (TPSA) is 26.3 Å². The predicted molar refractivity (Wildman–Crippen MR) is 129 cm³/mol. The molecule has 0 N–H and O–H groups in total. The second-order valence-corrected chi connectivity index (χ2v) is 13.2. The fraction of sp³-hybridized carbons (Fsp3) is 0.966. The van der Waals surface area contributed by atoms with Crippen molar-refractivity contribution in [3.8, 4) is 0 Å². The zero-order valence-electron chi connectivity index (χ0n) is 21.4. The van der Waals surface area contributed by atoms with Crippen molar-refractivity contribution >= 4 is 5.97 Å². The molecule has 0 aromatic heterocycles. The molecule has 2 nitrogen and oxygen atoms in total. The second kappa shape index (κ2) is 9.02. The molecule has 4 aliphatic rings. The van der Waals surface area contributed by atoms with E-state index in [2.05, 4.69) is 34.6 Å². The number of ether oxygens (including phenoxy) is 1. The molecule has 0 aliphatic heterocycles. The molecule has 178 valence electrons. The van der Waals surface area contributed by atoms with Gasteiger partial charge in [0, 0.05) is 12.8 Å². The molecule has 0 radical (unpaired) electrons. The van der Waals surface area contributed by atoms with Crippen LogP contribution in [-0.2, 0) is 9.53 Å². The number of carbonyl (C=O) groups is 1. The first-order chi connectivity index (χ1) is 14.7. The Morgan fingerprint density at radius 1 is 0.935 bits per heavy atom. The summed E-state index contributed by atoms with van der Waals surface area (Å²) in [5, 5.41) is 0. The molecule has 0 aromatic rings. The molecule has 0 spiro atoms. The summed E-state index contributed by atoms with van der Waals surface area (Å²) in [4.78, 5) is 12.1. The monoisotopic (exact) mass is 430 g/mol. The lowest BCUT2D eigenvalue weighted by Gasteiger charge is -2.62. The molecule has 0 bridgehead atoms. The van der Waals surface area contributed by atoms with Crippen LogP contribution in [0.25, 0.3) is 0 Å². The van der Waals surface area contributed by atoms with Crippen LogP contribution in [0.3, 0.4) is 0 Å². The minimum Gasteiger partial charge on any atom is -0.462 e. The van der Waals surface area contributed by atoms with Crippen molar-refractivity contribution in [3.05, 3.63) is 0 Å². The van der Waals surface area contributed by atoms with Crippen LogP contribution in [0.5, 0.6) is 0 Å². The van der Waals surface area contributed by atoms with Crippen LogP contribution in [0.1, 0.15) is 119 Å². The second-order valence-electron chi connectivity index (χ2n) is 13.2. The van der Waals surface area contributed by atoms with E-state index in [0.717, 1.165) is 41.9 Å². The maximum absolute atomic E-state index is 12.1. The number of hydrogen-bond acceptors (Lipinski definition) is 2. The van der Waals surface area contributed by atoms with Gasteiger partial charge in [0.25, 0.3) is 0 Å². The fourth-order valence-corrected chi connectivity index (χ4v) is 9.59. The smallest absolute Gasteiger partial charge is 0.302 e. The Morgan fingerprint density at radius 3 is 2.39 bits per heavy atom. The minimum absolute atomic E-state index is 0.0490. The largest absolute Gasteiger partial charge is 0.462 e. The molecule has 0 amide bonds. The minimum atomic E-state index is -0.0490. The summed E-state index contributed by atoms with van der Waals surface area (Å²) >= 11 is 0. The van der Waals surface area contributed by atoms with Gasteiger partial charge in [0.2, 0.25) is 0 Å². The van der Waals surface area contributed by atoms with Gasteiger partial charge in [-0.3, -0.25) is 4.79 Å². The third kappa shape index (κ3) is 4.23. The molecule has 2 heteroatoms. The lowest BCUT2D eigenvalue weighted by Crippen LogP contribution is -2.58. The molecule has 4 saturated carbocycles. The van der Waals surface area contributed by atoms with Gasteiger partial charge in [0.05, 0.1) is 0 Å². The highest BCUT2D eigenvalue weighted by molar-refractivity contribution is 5.66. The maximum Gasteiger partial charge on any atom is 0.302 e. The highest BCUT2D eigenvalue weighted by atomic mass is 16.5. The Kier molecular flexibility index (Phi) is 6.87. The van der Waals surface area contributed by atoms with E-state index >= 15 is 0 Å². The molecular weight excluding hydrogens is 380 g/mol. The van der Waals surface area contributed by atoms with Gasteiger partial charge in [-0.2, -0.15) is 0 Å². The van der Waals surface area contributed by atoms with Crippen molar-refractivity contribution in [2.75, 3.05) is 0 Å². The van der Waals surface area contributed by atoms with Gasteiger partial charge in [-0.05, 0) is 91.3 Å². The van der Waals surface area contributed by atoms with Crippen LogP contribution >= 0.6 is 0 Å². The van der Waals surface area contributed by atoms with Gasteiger partial charge < -0.3 is 4.74 Å². The van der Waals surface area contributed by atoms with E-state index < -0.39 is 0 Å². The highest BCUT2D eigenvalue weighted by Gasteiger charge is 2.63. The molecule has 9 atom stereocenters. The first-order valence-corrected chi connectivity index (χ1v) is 13.8. The van der Waals surface area contributed by atoms with E-state index in [1.165, 1.54) is 70.6 Å². The van der Waals surface area contributed by atoms with Gasteiger partial charge >= 0.3 is 5.97 Å². The molecule has 31 heavy (non-hydrogen) atoms. The number of rotatable bonds is 6. The first kappa shape index (κ1) is 23.6. The van der Waals surface area contributed by atoms with Crippen LogP contribution in [0.15, 0.2) is 0 Å². The summed E-state index contributed by atoms with van der Waals surface area (Å²) < 4.78 is 6.16. The summed E-state index contributed by atoms with van der Waals surface area (Å²) in [6, 6.07) is 0. The summed E-state index contributed by atoms with van der Waals surface area (Å²) in [5.41, 5.74) is 0.941. The van der Waals surface area contributed by atoms with E-state index in [9.17, 15) is 4.79 Å². The molecular formula is C29H50O2. The molecule has 0 aromatic carbocycles. The van der Waals surface area contributed by atoms with E-state index in [1.54, 1.807) is 6.92 Å². The number of hydrogen-bond donors (Lipinski definition) is 0. The van der Waals surface area contributed by atoms with Gasteiger partial charge in [-0.25, -0.2) is 0 Å². The van der Waals surface area contributed by atoms with E-state index in [-0.39, 0.29) is 12.1 Å². The third-order valence-corrected chi connectivity index (χ3v) is 11.1. The van der Waals surface area contributed by atoms with Crippen molar-refractivity contribution in [1.82, 2.24) is 0 Å². The molecule has 4 fully saturated rings. The predicted octanol–water partition coefficient (Wildman–Crippen LogP) is 8.04. The van der Waals surface area contributed by atoms with Crippen LogP contribution in [0.4, 0.5) is 0 Å². The van der Waals surface area contributed by atoms with Crippen LogP contribution in [0, 0.1) is 52.3 Å². The van der Waals surface area contributed by atoms with Gasteiger partial charge in [0.1, 0.15) is 6.10 Å². The Bertz CT molecular complexity index is 641. The molecule has 4 rings (SSSR count). The Labute approximate surface area is 192 Å². The molecule has 0 unspecified atom stereocenters. The summed E-state index contributed by atoms with van der Waals surface area (Å²) in [6.45, 7) is 14.2. The molecule has 0 saturated heterocycles. The van der Waals surface area contributed by atoms with Crippen LogP contribution < -0.4 is 0 Å². The Hall–Kier alpha value is -0.530. The Morgan fingerprint density at radius 2 is 1.68 bits per heavy atom. The van der Waals surface area contributed by atoms with E-state index in [0.29, 0.717) is 16.7 Å². The SMILES string of the molecule is CC(=O)O[C@@H]1C[C@H]2CCCC[C@]2(C)[C@@H]2CC[C@]3(C)[C@H](CC[C@@H]3[C@H](C)CCCC(C)C)[C@@H]21. The standard InChI is InChI=1S/C29H50O2/c1-19(2)10-9-11-20(3)23-13-14-24-27-25(15-17-29(23,24)6)28(5)16-8-7-12-22(28)18-26(27)31-21(4)30/h19-20,22-27H,7-18H2,1-6H3/t20-,22-,23-,24-,25-,26-,27+,28+,29+/m1/s1.